The largest absolute Gasteiger partial charge is 0.468 e. The molecule has 2 atom stereocenters. The Morgan fingerprint density at radius 1 is 1.27 bits per heavy atom. The van der Waals surface area contributed by atoms with Gasteiger partial charge in [-0.25, -0.2) is 8.78 Å². The van der Waals surface area contributed by atoms with Gasteiger partial charge in [0.05, 0.1) is 12.0 Å². The van der Waals surface area contributed by atoms with Gasteiger partial charge in [-0.15, -0.1) is 11.3 Å². The number of ether oxygens (including phenoxy) is 1. The van der Waals surface area contributed by atoms with Crippen molar-refractivity contribution in [1.29, 1.82) is 0 Å². The number of carbonyl (C=O) groups is 2. The van der Waals surface area contributed by atoms with Gasteiger partial charge in [0, 0.05) is 24.7 Å². The molecule has 0 bridgehead atoms. The first kappa shape index (κ1) is 18.5. The molecular formula is C18H18F2N2O3S. The van der Waals surface area contributed by atoms with Crippen molar-refractivity contribution in [1.82, 2.24) is 10.2 Å². The maximum Gasteiger partial charge on any atom is 0.323 e. The first-order chi connectivity index (χ1) is 12.5. The average molecular weight is 380 g/mol. The maximum atomic E-state index is 14.0. The Bertz CT molecular complexity index is 777. The maximum absolute atomic E-state index is 14.0. The minimum absolute atomic E-state index is 0.0797. The van der Waals surface area contributed by atoms with Crippen LogP contribution >= 0.6 is 11.3 Å². The van der Waals surface area contributed by atoms with Crippen LogP contribution in [0.1, 0.15) is 21.7 Å². The lowest BCUT2D eigenvalue weighted by Gasteiger charge is -2.22. The summed E-state index contributed by atoms with van der Waals surface area (Å²) in [5.74, 6) is -2.05. The molecule has 0 spiro atoms. The molecule has 1 fully saturated rings. The summed E-state index contributed by atoms with van der Waals surface area (Å²) in [5, 5.41) is 4.67. The van der Waals surface area contributed by atoms with Crippen molar-refractivity contribution in [3.05, 3.63) is 57.8 Å². The first-order valence-corrected chi connectivity index (χ1v) is 8.96. The Kier molecular flexibility index (Phi) is 5.63. The number of benzene rings is 1. The fourth-order valence-corrected chi connectivity index (χ4v) is 3.74. The molecule has 2 aromatic rings. The summed E-state index contributed by atoms with van der Waals surface area (Å²) >= 11 is 1.32. The van der Waals surface area contributed by atoms with Crippen LogP contribution in [-0.2, 0) is 16.1 Å². The molecule has 1 amide bonds. The minimum Gasteiger partial charge on any atom is -0.468 e. The number of rotatable bonds is 5. The van der Waals surface area contributed by atoms with Crippen LogP contribution in [0.25, 0.3) is 0 Å². The van der Waals surface area contributed by atoms with Crippen molar-refractivity contribution in [2.24, 2.45) is 0 Å². The van der Waals surface area contributed by atoms with Gasteiger partial charge < -0.3 is 10.1 Å². The van der Waals surface area contributed by atoms with Crippen LogP contribution in [0.5, 0.6) is 0 Å². The first-order valence-electron chi connectivity index (χ1n) is 8.08. The topological polar surface area (TPSA) is 58.6 Å². The van der Waals surface area contributed by atoms with E-state index < -0.39 is 23.6 Å². The van der Waals surface area contributed by atoms with Gasteiger partial charge in [-0.05, 0) is 30.0 Å². The lowest BCUT2D eigenvalue weighted by atomic mass is 10.1. The van der Waals surface area contributed by atoms with Crippen molar-refractivity contribution in [2.45, 2.75) is 25.0 Å². The van der Waals surface area contributed by atoms with Crippen molar-refractivity contribution in [2.75, 3.05) is 13.7 Å². The lowest BCUT2D eigenvalue weighted by molar-refractivity contribution is -0.146. The van der Waals surface area contributed by atoms with Gasteiger partial charge in [0.1, 0.15) is 17.7 Å². The molecule has 1 aromatic carbocycles. The second-order valence-electron chi connectivity index (χ2n) is 6.05. The molecule has 0 saturated carbocycles. The molecule has 26 heavy (non-hydrogen) atoms. The predicted octanol–water partition coefficient (Wildman–Crippen LogP) is 2.57. The quantitative estimate of drug-likeness (QED) is 0.810. The smallest absolute Gasteiger partial charge is 0.323 e. The zero-order valence-electron chi connectivity index (χ0n) is 14.1. The summed E-state index contributed by atoms with van der Waals surface area (Å²) in [6.45, 7) is 0.217. The van der Waals surface area contributed by atoms with Gasteiger partial charge in [0.15, 0.2) is 0 Å². The molecule has 5 nitrogen and oxygen atoms in total. The van der Waals surface area contributed by atoms with E-state index in [2.05, 4.69) is 5.32 Å². The summed E-state index contributed by atoms with van der Waals surface area (Å²) in [7, 11) is 1.27. The van der Waals surface area contributed by atoms with Crippen LogP contribution in [0.15, 0.2) is 35.7 Å². The van der Waals surface area contributed by atoms with Crippen LogP contribution in [0.4, 0.5) is 8.78 Å². The van der Waals surface area contributed by atoms with Gasteiger partial charge in [-0.2, -0.15) is 0 Å². The van der Waals surface area contributed by atoms with E-state index >= 15 is 0 Å². The summed E-state index contributed by atoms with van der Waals surface area (Å²) in [4.78, 5) is 26.5. The number of esters is 1. The third-order valence-corrected chi connectivity index (χ3v) is 5.25. The molecule has 0 radical (unpaired) electrons. The highest BCUT2D eigenvalue weighted by molar-refractivity contribution is 7.12. The molecule has 1 aliphatic heterocycles. The molecule has 2 heterocycles. The van der Waals surface area contributed by atoms with Crippen LogP contribution in [-0.4, -0.2) is 42.5 Å². The molecule has 0 unspecified atom stereocenters. The lowest BCUT2D eigenvalue weighted by Crippen LogP contribution is -2.38. The van der Waals surface area contributed by atoms with Crippen LogP contribution < -0.4 is 5.32 Å². The van der Waals surface area contributed by atoms with E-state index in [0.29, 0.717) is 17.8 Å². The van der Waals surface area contributed by atoms with Crippen molar-refractivity contribution >= 4 is 23.2 Å². The number of amides is 1. The van der Waals surface area contributed by atoms with Crippen molar-refractivity contribution in [3.8, 4) is 0 Å². The standard InChI is InChI=1S/C18H18F2N2O3S/c1-25-18(24)15-8-11(21-17(23)16-6-3-7-26-16)9-22(15)10-12-13(19)4-2-5-14(12)20/h2-7,11,15H,8-10H2,1H3,(H,21,23)/t11-,15+/m1/s1. The second kappa shape index (κ2) is 7.92. The van der Waals surface area contributed by atoms with E-state index in [-0.39, 0.29) is 24.1 Å². The summed E-state index contributed by atoms with van der Waals surface area (Å²) in [6.07, 6.45) is 0.319. The Balaban J connectivity index is 1.75. The highest BCUT2D eigenvalue weighted by atomic mass is 32.1. The Morgan fingerprint density at radius 3 is 2.62 bits per heavy atom. The molecule has 0 aliphatic carbocycles. The van der Waals surface area contributed by atoms with Crippen LogP contribution in [0.2, 0.25) is 0 Å². The highest BCUT2D eigenvalue weighted by Gasteiger charge is 2.39. The van der Waals surface area contributed by atoms with Gasteiger partial charge in [-0.1, -0.05) is 12.1 Å². The number of likely N-dealkylation sites (tertiary alicyclic amines) is 1. The van der Waals surface area contributed by atoms with Crippen LogP contribution in [0, 0.1) is 11.6 Å². The van der Waals surface area contributed by atoms with Crippen LogP contribution in [0.3, 0.4) is 0 Å². The van der Waals surface area contributed by atoms with Gasteiger partial charge in [-0.3, -0.25) is 14.5 Å². The molecule has 1 aromatic heterocycles. The van der Waals surface area contributed by atoms with E-state index in [1.165, 1.54) is 36.6 Å². The SMILES string of the molecule is COC(=O)[C@@H]1C[C@@H](NC(=O)c2cccs2)CN1Cc1c(F)cccc1F. The number of nitrogens with one attached hydrogen (secondary N) is 1. The van der Waals surface area contributed by atoms with Gasteiger partial charge in [0.2, 0.25) is 0 Å². The third-order valence-electron chi connectivity index (χ3n) is 4.38. The predicted molar refractivity (Wildman–Crippen MR) is 92.8 cm³/mol. The van der Waals surface area contributed by atoms with E-state index in [4.69, 9.17) is 4.74 Å². The normalized spacial score (nSPS) is 20.1. The zero-order valence-corrected chi connectivity index (χ0v) is 14.9. The molecule has 3 rings (SSSR count). The molecular weight excluding hydrogens is 362 g/mol. The van der Waals surface area contributed by atoms with Crippen molar-refractivity contribution in [3.63, 3.8) is 0 Å². The van der Waals surface area contributed by atoms with Gasteiger partial charge >= 0.3 is 5.97 Å². The summed E-state index contributed by atoms with van der Waals surface area (Å²) in [6, 6.07) is 6.14. The molecule has 1 saturated heterocycles. The number of hydrogen-bond donors (Lipinski definition) is 1. The Morgan fingerprint density at radius 2 is 2.00 bits per heavy atom. The molecule has 1 N–H and O–H groups in total. The molecule has 8 heteroatoms. The number of hydrogen-bond acceptors (Lipinski definition) is 5. The summed E-state index contributed by atoms with van der Waals surface area (Å²) < 4.78 is 32.7. The summed E-state index contributed by atoms with van der Waals surface area (Å²) in [5.41, 5.74) is -0.105. The van der Waals surface area contributed by atoms with E-state index in [1.807, 2.05) is 0 Å². The van der Waals surface area contributed by atoms with E-state index in [1.54, 1.807) is 22.4 Å². The minimum atomic E-state index is -0.673. The highest BCUT2D eigenvalue weighted by Crippen LogP contribution is 2.24. The third kappa shape index (κ3) is 3.91. The zero-order chi connectivity index (χ0) is 18.7. The molecule has 1 aliphatic rings. The monoisotopic (exact) mass is 380 g/mol. The second-order valence-corrected chi connectivity index (χ2v) is 7.00. The number of halogens is 2. The van der Waals surface area contributed by atoms with Gasteiger partial charge in [0.25, 0.3) is 5.91 Å². The fraction of sp³-hybridized carbons (Fsp3) is 0.333. The average Bonchev–Trinajstić information content (AvgIpc) is 3.27. The number of nitrogens with zero attached hydrogens (tertiary/aromatic N) is 1. The number of thiophene rings is 1. The van der Waals surface area contributed by atoms with E-state index in [9.17, 15) is 18.4 Å². The molecule has 138 valence electrons. The number of carbonyl (C=O) groups excluding carboxylic acids is 2. The van der Waals surface area contributed by atoms with Crippen molar-refractivity contribution < 1.29 is 23.1 Å². The Hall–Kier alpha value is -2.32. The van der Waals surface area contributed by atoms with E-state index in [0.717, 1.165) is 0 Å². The fourth-order valence-electron chi connectivity index (χ4n) is 3.11. The Labute approximate surface area is 153 Å². The number of methoxy groups -OCH3 is 1.